The first-order valence-corrected chi connectivity index (χ1v) is 7.50. The zero-order chi connectivity index (χ0) is 13.8. The molecule has 0 unspecified atom stereocenters. The predicted molar refractivity (Wildman–Crippen MR) is 77.2 cm³/mol. The number of piperidine rings is 1. The molecule has 0 spiro atoms. The second-order valence-corrected chi connectivity index (χ2v) is 5.45. The van der Waals surface area contributed by atoms with Gasteiger partial charge in [-0.05, 0) is 25.3 Å². The molecule has 0 bridgehead atoms. The molecule has 0 atom stereocenters. The number of nitrogens with zero attached hydrogens (tertiary/aromatic N) is 4. The second-order valence-electron chi connectivity index (χ2n) is 4.59. The number of nitrogens with one attached hydrogen (secondary N) is 1. The van der Waals surface area contributed by atoms with E-state index < -0.39 is 0 Å². The van der Waals surface area contributed by atoms with Crippen molar-refractivity contribution in [1.82, 2.24) is 19.9 Å². The number of amides is 1. The van der Waals surface area contributed by atoms with Gasteiger partial charge < -0.3 is 10.2 Å². The minimum Gasteiger partial charge on any atom is -0.337 e. The van der Waals surface area contributed by atoms with Crippen molar-refractivity contribution in [2.24, 2.45) is 0 Å². The third-order valence-electron chi connectivity index (χ3n) is 3.15. The van der Waals surface area contributed by atoms with Gasteiger partial charge in [0.15, 0.2) is 5.13 Å². The predicted octanol–water partition coefficient (Wildman–Crippen LogP) is 2.30. The summed E-state index contributed by atoms with van der Waals surface area (Å²) in [7, 11) is 0. The van der Waals surface area contributed by atoms with Gasteiger partial charge >= 0.3 is 0 Å². The van der Waals surface area contributed by atoms with E-state index in [4.69, 9.17) is 0 Å². The van der Waals surface area contributed by atoms with Crippen molar-refractivity contribution < 1.29 is 4.79 Å². The van der Waals surface area contributed by atoms with Crippen LogP contribution in [-0.2, 0) is 0 Å². The maximum Gasteiger partial charge on any atom is 0.273 e. The van der Waals surface area contributed by atoms with Gasteiger partial charge in [0, 0.05) is 30.9 Å². The molecule has 2 aromatic heterocycles. The minimum atomic E-state index is 0.0166. The number of likely N-dealkylation sites (tertiary alicyclic amines) is 1. The first-order chi connectivity index (χ1) is 9.83. The summed E-state index contributed by atoms with van der Waals surface area (Å²) >= 11 is 1.39. The van der Waals surface area contributed by atoms with Crippen molar-refractivity contribution in [3.05, 3.63) is 29.5 Å². The van der Waals surface area contributed by atoms with Gasteiger partial charge in [-0.15, -0.1) is 11.3 Å². The molecule has 0 aromatic carbocycles. The SMILES string of the molecule is O=C(c1csc(Nc2ncccn2)n1)N1CCCCC1. The molecule has 104 valence electrons. The molecule has 3 heterocycles. The van der Waals surface area contributed by atoms with E-state index in [-0.39, 0.29) is 5.91 Å². The number of hydrogen-bond acceptors (Lipinski definition) is 6. The molecule has 3 rings (SSSR count). The van der Waals surface area contributed by atoms with Crippen molar-refractivity contribution >= 4 is 28.3 Å². The third kappa shape index (κ3) is 2.93. The Morgan fingerprint density at radius 2 is 1.95 bits per heavy atom. The van der Waals surface area contributed by atoms with Gasteiger partial charge in [-0.2, -0.15) is 0 Å². The van der Waals surface area contributed by atoms with Gasteiger partial charge in [-0.3, -0.25) is 4.79 Å². The highest BCUT2D eigenvalue weighted by Crippen LogP contribution is 2.20. The Morgan fingerprint density at radius 3 is 2.70 bits per heavy atom. The Morgan fingerprint density at radius 1 is 1.20 bits per heavy atom. The molecule has 1 saturated heterocycles. The van der Waals surface area contributed by atoms with E-state index in [1.807, 2.05) is 4.90 Å². The Balaban J connectivity index is 1.68. The van der Waals surface area contributed by atoms with E-state index in [0.717, 1.165) is 25.9 Å². The zero-order valence-corrected chi connectivity index (χ0v) is 11.8. The van der Waals surface area contributed by atoms with Crippen LogP contribution >= 0.6 is 11.3 Å². The summed E-state index contributed by atoms with van der Waals surface area (Å²) in [5.41, 5.74) is 0.496. The van der Waals surface area contributed by atoms with E-state index in [2.05, 4.69) is 20.3 Å². The van der Waals surface area contributed by atoms with Crippen LogP contribution in [0.4, 0.5) is 11.1 Å². The Hall–Kier alpha value is -2.02. The summed E-state index contributed by atoms with van der Waals surface area (Å²) in [6, 6.07) is 1.75. The average Bonchev–Trinajstić information content (AvgIpc) is 2.97. The monoisotopic (exact) mass is 289 g/mol. The van der Waals surface area contributed by atoms with Crippen LogP contribution in [0.2, 0.25) is 0 Å². The highest BCUT2D eigenvalue weighted by Gasteiger charge is 2.20. The Bertz CT molecular complexity index is 579. The fourth-order valence-corrected chi connectivity index (χ4v) is 2.83. The van der Waals surface area contributed by atoms with Gasteiger partial charge in [0.05, 0.1) is 0 Å². The highest BCUT2D eigenvalue weighted by atomic mass is 32.1. The molecule has 0 aliphatic carbocycles. The van der Waals surface area contributed by atoms with Crippen LogP contribution in [-0.4, -0.2) is 38.8 Å². The summed E-state index contributed by atoms with van der Waals surface area (Å²) in [4.78, 5) is 26.6. The first-order valence-electron chi connectivity index (χ1n) is 6.62. The molecule has 1 aliphatic heterocycles. The number of aromatic nitrogens is 3. The van der Waals surface area contributed by atoms with Gasteiger partial charge in [-0.25, -0.2) is 15.0 Å². The number of thiazole rings is 1. The van der Waals surface area contributed by atoms with Gasteiger partial charge in [0.25, 0.3) is 5.91 Å². The molecular formula is C13H15N5OS. The quantitative estimate of drug-likeness (QED) is 0.938. The fourth-order valence-electron chi connectivity index (χ4n) is 2.15. The molecule has 1 amide bonds. The van der Waals surface area contributed by atoms with Crippen molar-refractivity contribution in [2.75, 3.05) is 18.4 Å². The number of rotatable bonds is 3. The van der Waals surface area contributed by atoms with E-state index in [1.54, 1.807) is 23.8 Å². The molecule has 1 N–H and O–H groups in total. The maximum absolute atomic E-state index is 12.3. The molecule has 2 aromatic rings. The Labute approximate surface area is 120 Å². The van der Waals surface area contributed by atoms with E-state index in [0.29, 0.717) is 16.8 Å². The van der Waals surface area contributed by atoms with Crippen LogP contribution in [0.5, 0.6) is 0 Å². The molecule has 1 fully saturated rings. The van der Waals surface area contributed by atoms with Gasteiger partial charge in [0.2, 0.25) is 5.95 Å². The number of hydrogen-bond donors (Lipinski definition) is 1. The first kappa shape index (κ1) is 13.0. The summed E-state index contributed by atoms with van der Waals surface area (Å²) < 4.78 is 0. The lowest BCUT2D eigenvalue weighted by atomic mass is 10.1. The smallest absolute Gasteiger partial charge is 0.273 e. The minimum absolute atomic E-state index is 0.0166. The van der Waals surface area contributed by atoms with E-state index >= 15 is 0 Å². The van der Waals surface area contributed by atoms with Crippen LogP contribution in [0.15, 0.2) is 23.8 Å². The van der Waals surface area contributed by atoms with Crippen molar-refractivity contribution in [3.8, 4) is 0 Å². The highest BCUT2D eigenvalue weighted by molar-refractivity contribution is 7.14. The normalized spacial score (nSPS) is 15.1. The molecule has 0 saturated carbocycles. The molecule has 0 radical (unpaired) electrons. The Kier molecular flexibility index (Phi) is 3.87. The summed E-state index contributed by atoms with van der Waals surface area (Å²) in [6.45, 7) is 1.67. The molecule has 7 heteroatoms. The lowest BCUT2D eigenvalue weighted by Crippen LogP contribution is -2.35. The largest absolute Gasteiger partial charge is 0.337 e. The van der Waals surface area contributed by atoms with Crippen molar-refractivity contribution in [3.63, 3.8) is 0 Å². The molecular weight excluding hydrogens is 274 g/mol. The van der Waals surface area contributed by atoms with E-state index in [9.17, 15) is 4.79 Å². The van der Waals surface area contributed by atoms with Crippen LogP contribution in [0, 0.1) is 0 Å². The number of carbonyl (C=O) groups is 1. The van der Waals surface area contributed by atoms with Gasteiger partial charge in [0.1, 0.15) is 5.69 Å². The van der Waals surface area contributed by atoms with Crippen LogP contribution in [0.3, 0.4) is 0 Å². The standard InChI is InChI=1S/C13H15N5OS/c19-11(18-7-2-1-3-8-18)10-9-20-13(16-10)17-12-14-5-4-6-15-12/h4-6,9H,1-3,7-8H2,(H,14,15,16,17). The van der Waals surface area contributed by atoms with Gasteiger partial charge in [-0.1, -0.05) is 0 Å². The average molecular weight is 289 g/mol. The molecule has 6 nitrogen and oxygen atoms in total. The van der Waals surface area contributed by atoms with Crippen molar-refractivity contribution in [2.45, 2.75) is 19.3 Å². The summed E-state index contributed by atoms with van der Waals surface area (Å²) in [5.74, 6) is 0.502. The number of anilines is 2. The summed E-state index contributed by atoms with van der Waals surface area (Å²) in [5, 5.41) is 5.41. The zero-order valence-electron chi connectivity index (χ0n) is 11.0. The second kappa shape index (κ2) is 5.96. The summed E-state index contributed by atoms with van der Waals surface area (Å²) in [6.07, 6.45) is 6.68. The maximum atomic E-state index is 12.3. The fraction of sp³-hybridized carbons (Fsp3) is 0.385. The topological polar surface area (TPSA) is 71.0 Å². The van der Waals surface area contributed by atoms with Crippen LogP contribution in [0.1, 0.15) is 29.8 Å². The van der Waals surface area contributed by atoms with Crippen molar-refractivity contribution in [1.29, 1.82) is 0 Å². The third-order valence-corrected chi connectivity index (χ3v) is 3.91. The lowest BCUT2D eigenvalue weighted by molar-refractivity contribution is 0.0719. The van der Waals surface area contributed by atoms with Crippen LogP contribution in [0.25, 0.3) is 0 Å². The molecule has 20 heavy (non-hydrogen) atoms. The molecule has 1 aliphatic rings. The van der Waals surface area contributed by atoms with E-state index in [1.165, 1.54) is 17.8 Å². The lowest BCUT2D eigenvalue weighted by Gasteiger charge is -2.25. The number of carbonyl (C=O) groups excluding carboxylic acids is 1. The van der Waals surface area contributed by atoms with Crippen LogP contribution < -0.4 is 5.32 Å².